The molecular weight excluding hydrogens is 919 g/mol. The van der Waals surface area contributed by atoms with Gasteiger partial charge in [-0.05, 0) is 132 Å². The van der Waals surface area contributed by atoms with E-state index in [4.69, 9.17) is 4.42 Å². The van der Waals surface area contributed by atoms with Gasteiger partial charge in [-0.3, -0.25) is 0 Å². The molecule has 16 rings (SSSR count). The van der Waals surface area contributed by atoms with Crippen LogP contribution in [0.25, 0.3) is 66.4 Å². The maximum atomic E-state index is 6.42. The lowest BCUT2D eigenvalue weighted by molar-refractivity contribution is 0.667. The van der Waals surface area contributed by atoms with Gasteiger partial charge in [0.2, 0.25) is 0 Å². The Kier molecular flexibility index (Phi) is 9.33. The molecule has 0 aliphatic heterocycles. The molecule has 1 atom stereocenters. The lowest BCUT2D eigenvalue weighted by Gasteiger charge is -2.35. The van der Waals surface area contributed by atoms with Gasteiger partial charge in [0, 0.05) is 33.6 Å². The minimum Gasteiger partial charge on any atom is -0.456 e. The molecule has 4 aliphatic carbocycles. The Bertz CT molecular complexity index is 4320. The highest BCUT2D eigenvalue weighted by Crippen LogP contribution is 2.65. The van der Waals surface area contributed by atoms with Gasteiger partial charge in [0.15, 0.2) is 0 Å². The van der Waals surface area contributed by atoms with E-state index in [2.05, 4.69) is 278 Å². The molecule has 12 aromatic rings. The summed E-state index contributed by atoms with van der Waals surface area (Å²) in [6.45, 7) is 0. The molecule has 1 unspecified atom stereocenters. The zero-order valence-electron chi connectivity index (χ0n) is 41.7. The number of benzene rings is 11. The Labute approximate surface area is 442 Å². The van der Waals surface area contributed by atoms with Gasteiger partial charge in [-0.15, -0.1) is 0 Å². The third-order valence-electron chi connectivity index (χ3n) is 17.3. The van der Waals surface area contributed by atoms with Crippen molar-refractivity contribution in [1.82, 2.24) is 0 Å². The summed E-state index contributed by atoms with van der Waals surface area (Å²) in [6.07, 6.45) is 8.08. The molecule has 0 amide bonds. The Morgan fingerprint density at radius 2 is 0.934 bits per heavy atom. The minimum absolute atomic E-state index is 0.184. The van der Waals surface area contributed by atoms with Crippen LogP contribution in [0.1, 0.15) is 62.4 Å². The van der Waals surface area contributed by atoms with E-state index in [1.54, 1.807) is 0 Å². The predicted octanol–water partition coefficient (Wildman–Crippen LogP) is 18.7. The van der Waals surface area contributed by atoms with Gasteiger partial charge in [0.25, 0.3) is 0 Å². The van der Waals surface area contributed by atoms with Crippen LogP contribution in [0.3, 0.4) is 0 Å². The van der Waals surface area contributed by atoms with Crippen LogP contribution >= 0.6 is 0 Å². The van der Waals surface area contributed by atoms with Gasteiger partial charge in [0.05, 0.1) is 16.5 Å². The van der Waals surface area contributed by atoms with E-state index in [9.17, 15) is 0 Å². The quantitative estimate of drug-likeness (QED) is 0.158. The van der Waals surface area contributed by atoms with E-state index in [1.165, 1.54) is 94.6 Å². The fourth-order valence-electron chi connectivity index (χ4n) is 14.3. The largest absolute Gasteiger partial charge is 0.456 e. The van der Waals surface area contributed by atoms with Crippen molar-refractivity contribution in [3.8, 4) is 44.5 Å². The molecule has 356 valence electrons. The number of rotatable bonds is 7. The smallest absolute Gasteiger partial charge is 0.135 e. The molecule has 0 saturated heterocycles. The number of hydrogen-bond acceptors (Lipinski definition) is 2. The minimum atomic E-state index is -0.554. The molecule has 1 heterocycles. The summed E-state index contributed by atoms with van der Waals surface area (Å²) < 4.78 is 6.42. The van der Waals surface area contributed by atoms with Gasteiger partial charge in [0.1, 0.15) is 11.2 Å². The molecule has 0 saturated carbocycles. The number of allylic oxidation sites excluding steroid dienone is 3. The van der Waals surface area contributed by atoms with Crippen molar-refractivity contribution in [2.75, 3.05) is 4.90 Å². The highest BCUT2D eigenvalue weighted by Gasteiger charge is 2.53. The maximum Gasteiger partial charge on any atom is 0.135 e. The van der Waals surface area contributed by atoms with Crippen molar-refractivity contribution in [2.45, 2.75) is 23.2 Å². The average Bonchev–Trinajstić information content (AvgIpc) is 4.41. The van der Waals surface area contributed by atoms with Crippen LogP contribution in [0.4, 0.5) is 11.4 Å². The van der Waals surface area contributed by atoms with Crippen molar-refractivity contribution >= 4 is 33.3 Å². The van der Waals surface area contributed by atoms with Gasteiger partial charge in [-0.1, -0.05) is 243 Å². The standard InChI is InChI=1S/C74H49NO/c1-3-21-51(22-4-1)73(52-23-5-2-6-24-52)63-33-12-9-28-58(63)61-32-18-31-55(72(61)73)50-20-17-25-54(46-50)75(53-43-40-48(41-44-53)49-42-45-60-59-29-11-16-39-69(59)76-70(60)47-49)68-38-19-37-67-71(68)62-30-10-15-36-66(62)74(67)64-34-13-7-26-56(64)57-27-8-14-35-65(57)74/h1-40,42-48H,41H2. The monoisotopic (exact) mass is 967 g/mol. The Morgan fingerprint density at radius 1 is 0.395 bits per heavy atom. The van der Waals surface area contributed by atoms with Crippen molar-refractivity contribution in [3.05, 3.63) is 335 Å². The molecular formula is C74H49NO. The van der Waals surface area contributed by atoms with Gasteiger partial charge < -0.3 is 9.32 Å². The lowest BCUT2D eigenvalue weighted by Crippen LogP contribution is -2.29. The first-order valence-electron chi connectivity index (χ1n) is 26.7. The van der Waals surface area contributed by atoms with E-state index in [1.807, 2.05) is 6.07 Å². The predicted molar refractivity (Wildman–Crippen MR) is 312 cm³/mol. The zero-order chi connectivity index (χ0) is 50.0. The Morgan fingerprint density at radius 3 is 1.63 bits per heavy atom. The van der Waals surface area contributed by atoms with Crippen molar-refractivity contribution in [3.63, 3.8) is 0 Å². The summed E-state index contributed by atoms with van der Waals surface area (Å²) in [4.78, 5) is 2.56. The van der Waals surface area contributed by atoms with Crippen LogP contribution in [-0.2, 0) is 10.8 Å². The molecule has 1 aromatic heterocycles. The zero-order valence-corrected chi connectivity index (χ0v) is 41.7. The summed E-state index contributed by atoms with van der Waals surface area (Å²) in [5, 5.41) is 2.31. The van der Waals surface area contributed by atoms with Crippen LogP contribution in [0.5, 0.6) is 0 Å². The third-order valence-corrected chi connectivity index (χ3v) is 17.3. The number of nitrogens with zero attached hydrogens (tertiary/aromatic N) is 1. The molecule has 0 fully saturated rings. The Balaban J connectivity index is 0.909. The fourth-order valence-corrected chi connectivity index (χ4v) is 14.3. The van der Waals surface area contributed by atoms with Crippen LogP contribution in [-0.4, -0.2) is 0 Å². The number of fused-ring (bicyclic) bond motifs is 16. The fraction of sp³-hybridized carbons (Fsp3) is 0.0541. The molecule has 0 bridgehead atoms. The summed E-state index contributed by atoms with van der Waals surface area (Å²) in [5.74, 6) is 0.184. The molecule has 4 aliphatic rings. The van der Waals surface area contributed by atoms with Crippen molar-refractivity contribution in [1.29, 1.82) is 0 Å². The van der Waals surface area contributed by atoms with E-state index in [-0.39, 0.29) is 5.92 Å². The second-order valence-corrected chi connectivity index (χ2v) is 20.9. The highest BCUT2D eigenvalue weighted by molar-refractivity contribution is 6.05. The number of furan rings is 1. The SMILES string of the molecule is C1=CC(c2ccc3c(c2)oc2ccccc23)CC=C1N(c1cccc(-c2cccc3c2C(c2ccccc2)(c2ccccc2)c2ccccc2-3)c1)c1cccc2c1-c1ccccc1C21c2ccccc2-c2ccccc21. The normalized spacial score (nSPS) is 15.7. The number of hydrogen-bond donors (Lipinski definition) is 0. The molecule has 11 aromatic carbocycles. The summed E-state index contributed by atoms with van der Waals surface area (Å²) in [6, 6.07) is 97.2. The second kappa shape index (κ2) is 16.5. The number of para-hydroxylation sites is 1. The summed E-state index contributed by atoms with van der Waals surface area (Å²) in [5.41, 5.74) is 26.0. The first-order valence-corrected chi connectivity index (χ1v) is 26.7. The van der Waals surface area contributed by atoms with Crippen LogP contribution < -0.4 is 4.90 Å². The lowest BCUT2D eigenvalue weighted by atomic mass is 9.66. The molecule has 0 N–H and O–H groups in total. The summed E-state index contributed by atoms with van der Waals surface area (Å²) >= 11 is 0. The average molecular weight is 968 g/mol. The first kappa shape index (κ1) is 43.0. The van der Waals surface area contributed by atoms with E-state index in [0.29, 0.717) is 0 Å². The van der Waals surface area contributed by atoms with E-state index >= 15 is 0 Å². The number of anilines is 2. The van der Waals surface area contributed by atoms with Gasteiger partial charge in [-0.25, -0.2) is 0 Å². The first-order chi connectivity index (χ1) is 37.7. The Hall–Kier alpha value is -9.50. The summed E-state index contributed by atoms with van der Waals surface area (Å²) in [7, 11) is 0. The maximum absolute atomic E-state index is 6.42. The van der Waals surface area contributed by atoms with E-state index < -0.39 is 10.8 Å². The van der Waals surface area contributed by atoms with Crippen LogP contribution in [0, 0.1) is 0 Å². The second-order valence-electron chi connectivity index (χ2n) is 20.9. The highest BCUT2D eigenvalue weighted by atomic mass is 16.3. The van der Waals surface area contributed by atoms with Crippen molar-refractivity contribution in [2.24, 2.45) is 0 Å². The van der Waals surface area contributed by atoms with Gasteiger partial charge in [-0.2, -0.15) is 0 Å². The van der Waals surface area contributed by atoms with E-state index in [0.717, 1.165) is 45.4 Å². The van der Waals surface area contributed by atoms with Crippen molar-refractivity contribution < 1.29 is 4.42 Å². The van der Waals surface area contributed by atoms with Crippen LogP contribution in [0.15, 0.2) is 289 Å². The van der Waals surface area contributed by atoms with Gasteiger partial charge >= 0.3 is 0 Å². The molecule has 76 heavy (non-hydrogen) atoms. The molecule has 2 nitrogen and oxygen atoms in total. The molecule has 2 heteroatoms. The molecule has 1 spiro atoms. The molecule has 0 radical (unpaired) electrons. The topological polar surface area (TPSA) is 16.4 Å². The van der Waals surface area contributed by atoms with Crippen LogP contribution in [0.2, 0.25) is 0 Å². The third kappa shape index (κ3) is 5.87.